The van der Waals surface area contributed by atoms with E-state index in [0.29, 0.717) is 22.7 Å². The van der Waals surface area contributed by atoms with Crippen molar-refractivity contribution < 1.29 is 9.53 Å². The Balaban J connectivity index is 2.22. The molecular weight excluding hydrogens is 242 g/mol. The Morgan fingerprint density at radius 3 is 2.79 bits per heavy atom. The van der Waals surface area contributed by atoms with E-state index in [-0.39, 0.29) is 5.91 Å². The molecule has 0 unspecified atom stereocenters. The number of aryl methyl sites for hydroxylation is 1. The maximum Gasteiger partial charge on any atom is 0.255 e. The average molecular weight is 257 g/mol. The van der Waals surface area contributed by atoms with Crippen LogP contribution in [-0.4, -0.2) is 18.0 Å². The van der Waals surface area contributed by atoms with E-state index in [9.17, 15) is 4.79 Å². The number of nitrogens with zero attached hydrogens (tertiary/aromatic N) is 1. The molecule has 3 N–H and O–H groups in total. The standard InChI is InChI=1S/C14H15N3O2/c1-9-5-12(3-4-16-9)17-14(18)10-6-11(15)8-13(7-10)19-2/h3-8H,15H2,1-2H3,(H,16,17,18). The number of amides is 1. The number of ether oxygens (including phenoxy) is 1. The van der Waals surface area contributed by atoms with Gasteiger partial charge in [-0.25, -0.2) is 0 Å². The van der Waals surface area contributed by atoms with Crippen LogP contribution in [0.25, 0.3) is 0 Å². The lowest BCUT2D eigenvalue weighted by molar-refractivity contribution is 0.102. The fourth-order valence-corrected chi connectivity index (χ4v) is 1.70. The summed E-state index contributed by atoms with van der Waals surface area (Å²) in [4.78, 5) is 16.2. The molecule has 0 bridgehead atoms. The first kappa shape index (κ1) is 12.9. The van der Waals surface area contributed by atoms with E-state index < -0.39 is 0 Å². The van der Waals surface area contributed by atoms with Gasteiger partial charge in [0.1, 0.15) is 5.75 Å². The van der Waals surface area contributed by atoms with Gasteiger partial charge in [0.25, 0.3) is 5.91 Å². The molecule has 0 fully saturated rings. The van der Waals surface area contributed by atoms with Gasteiger partial charge in [-0.3, -0.25) is 9.78 Å². The number of nitrogens with one attached hydrogen (secondary N) is 1. The Morgan fingerprint density at radius 2 is 2.11 bits per heavy atom. The summed E-state index contributed by atoms with van der Waals surface area (Å²) < 4.78 is 5.09. The molecule has 5 heteroatoms. The van der Waals surface area contributed by atoms with Crippen molar-refractivity contribution in [1.29, 1.82) is 0 Å². The molecule has 1 aromatic carbocycles. The predicted molar refractivity (Wildman–Crippen MR) is 74.3 cm³/mol. The van der Waals surface area contributed by atoms with Gasteiger partial charge in [-0.15, -0.1) is 0 Å². The quantitative estimate of drug-likeness (QED) is 0.827. The summed E-state index contributed by atoms with van der Waals surface area (Å²) in [7, 11) is 1.53. The number of nitrogen functional groups attached to an aromatic ring is 1. The third kappa shape index (κ3) is 3.22. The molecule has 0 aliphatic heterocycles. The maximum absolute atomic E-state index is 12.1. The Bertz CT molecular complexity index is 611. The summed E-state index contributed by atoms with van der Waals surface area (Å²) in [6.45, 7) is 1.86. The molecule has 1 amide bonds. The first-order valence-electron chi connectivity index (χ1n) is 5.77. The number of hydrogen-bond donors (Lipinski definition) is 2. The lowest BCUT2D eigenvalue weighted by Crippen LogP contribution is -2.12. The van der Waals surface area contributed by atoms with Gasteiger partial charge < -0.3 is 15.8 Å². The van der Waals surface area contributed by atoms with Gasteiger partial charge in [-0.1, -0.05) is 0 Å². The molecule has 98 valence electrons. The van der Waals surface area contributed by atoms with E-state index in [2.05, 4.69) is 10.3 Å². The number of nitrogens with two attached hydrogens (primary N) is 1. The Kier molecular flexibility index (Phi) is 3.66. The van der Waals surface area contributed by atoms with Gasteiger partial charge in [0.05, 0.1) is 7.11 Å². The van der Waals surface area contributed by atoms with Crippen LogP contribution in [0, 0.1) is 6.92 Å². The minimum atomic E-state index is -0.240. The number of methoxy groups -OCH3 is 1. The molecule has 0 atom stereocenters. The van der Waals surface area contributed by atoms with Crippen LogP contribution in [0.4, 0.5) is 11.4 Å². The number of anilines is 2. The third-order valence-corrected chi connectivity index (χ3v) is 2.58. The van der Waals surface area contributed by atoms with Crippen molar-refractivity contribution in [2.45, 2.75) is 6.92 Å². The zero-order valence-electron chi connectivity index (χ0n) is 10.8. The zero-order valence-corrected chi connectivity index (χ0v) is 10.8. The molecule has 0 aliphatic carbocycles. The van der Waals surface area contributed by atoms with Gasteiger partial charge in [0, 0.05) is 34.9 Å². The lowest BCUT2D eigenvalue weighted by Gasteiger charge is -2.08. The smallest absolute Gasteiger partial charge is 0.255 e. The second kappa shape index (κ2) is 5.39. The molecule has 1 heterocycles. The van der Waals surface area contributed by atoms with Crippen molar-refractivity contribution in [2.75, 3.05) is 18.2 Å². The van der Waals surface area contributed by atoms with Crippen LogP contribution < -0.4 is 15.8 Å². The van der Waals surface area contributed by atoms with Crippen LogP contribution in [-0.2, 0) is 0 Å². The number of carbonyl (C=O) groups is 1. The fourth-order valence-electron chi connectivity index (χ4n) is 1.70. The Hall–Kier alpha value is -2.56. The van der Waals surface area contributed by atoms with Crippen LogP contribution in [0.2, 0.25) is 0 Å². The van der Waals surface area contributed by atoms with Crippen LogP contribution in [0.5, 0.6) is 5.75 Å². The van der Waals surface area contributed by atoms with Crippen molar-refractivity contribution in [3.63, 3.8) is 0 Å². The monoisotopic (exact) mass is 257 g/mol. The highest BCUT2D eigenvalue weighted by Crippen LogP contribution is 2.19. The van der Waals surface area contributed by atoms with E-state index >= 15 is 0 Å². The highest BCUT2D eigenvalue weighted by Gasteiger charge is 2.09. The highest BCUT2D eigenvalue weighted by molar-refractivity contribution is 6.05. The van der Waals surface area contributed by atoms with Crippen molar-refractivity contribution in [3.8, 4) is 5.75 Å². The third-order valence-electron chi connectivity index (χ3n) is 2.58. The second-order valence-corrected chi connectivity index (χ2v) is 4.13. The summed E-state index contributed by atoms with van der Waals surface area (Å²) in [6, 6.07) is 8.43. The van der Waals surface area contributed by atoms with E-state index in [1.807, 2.05) is 6.92 Å². The van der Waals surface area contributed by atoms with Crippen LogP contribution in [0.15, 0.2) is 36.5 Å². The molecular formula is C14H15N3O2. The minimum absolute atomic E-state index is 0.240. The lowest BCUT2D eigenvalue weighted by atomic mass is 10.1. The SMILES string of the molecule is COc1cc(N)cc(C(=O)Nc2ccnc(C)c2)c1. The van der Waals surface area contributed by atoms with Crippen LogP contribution in [0.1, 0.15) is 16.1 Å². The normalized spacial score (nSPS) is 10.0. The van der Waals surface area contributed by atoms with Gasteiger partial charge in [-0.05, 0) is 31.2 Å². The molecule has 0 radical (unpaired) electrons. The first-order chi connectivity index (χ1) is 9.08. The van der Waals surface area contributed by atoms with E-state index in [1.165, 1.54) is 7.11 Å². The van der Waals surface area contributed by atoms with E-state index in [0.717, 1.165) is 5.69 Å². The van der Waals surface area contributed by atoms with Gasteiger partial charge in [0.2, 0.25) is 0 Å². The number of rotatable bonds is 3. The molecule has 0 saturated carbocycles. The Labute approximate surface area is 111 Å². The summed E-state index contributed by atoms with van der Waals surface area (Å²) in [5, 5.41) is 2.79. The Morgan fingerprint density at radius 1 is 1.32 bits per heavy atom. The number of hydrogen-bond acceptors (Lipinski definition) is 4. The summed E-state index contributed by atoms with van der Waals surface area (Å²) in [5.41, 5.74) is 8.18. The van der Waals surface area contributed by atoms with Crippen LogP contribution in [0.3, 0.4) is 0 Å². The zero-order chi connectivity index (χ0) is 13.8. The summed E-state index contributed by atoms with van der Waals surface area (Å²) >= 11 is 0. The number of benzene rings is 1. The maximum atomic E-state index is 12.1. The number of pyridine rings is 1. The molecule has 0 aliphatic rings. The second-order valence-electron chi connectivity index (χ2n) is 4.13. The molecule has 2 aromatic rings. The van der Waals surface area contributed by atoms with Gasteiger partial charge in [0.15, 0.2) is 0 Å². The largest absolute Gasteiger partial charge is 0.497 e. The fraction of sp³-hybridized carbons (Fsp3) is 0.143. The van der Waals surface area contributed by atoms with Crippen LogP contribution >= 0.6 is 0 Å². The highest BCUT2D eigenvalue weighted by atomic mass is 16.5. The first-order valence-corrected chi connectivity index (χ1v) is 5.77. The number of carbonyl (C=O) groups excluding carboxylic acids is 1. The summed E-state index contributed by atoms with van der Waals surface area (Å²) in [5.74, 6) is 0.312. The van der Waals surface area contributed by atoms with E-state index in [4.69, 9.17) is 10.5 Å². The predicted octanol–water partition coefficient (Wildman–Crippen LogP) is 2.23. The van der Waals surface area contributed by atoms with Crippen molar-refractivity contribution >= 4 is 17.3 Å². The minimum Gasteiger partial charge on any atom is -0.497 e. The van der Waals surface area contributed by atoms with Crippen molar-refractivity contribution in [1.82, 2.24) is 4.98 Å². The molecule has 19 heavy (non-hydrogen) atoms. The topological polar surface area (TPSA) is 77.2 Å². The molecule has 5 nitrogen and oxygen atoms in total. The van der Waals surface area contributed by atoms with Crippen molar-refractivity contribution in [3.05, 3.63) is 47.8 Å². The van der Waals surface area contributed by atoms with Gasteiger partial charge in [-0.2, -0.15) is 0 Å². The van der Waals surface area contributed by atoms with Gasteiger partial charge >= 0.3 is 0 Å². The average Bonchev–Trinajstić information content (AvgIpc) is 2.38. The molecule has 0 spiro atoms. The molecule has 2 rings (SSSR count). The molecule has 1 aromatic heterocycles. The summed E-state index contributed by atoms with van der Waals surface area (Å²) in [6.07, 6.45) is 1.64. The van der Waals surface area contributed by atoms with Crippen molar-refractivity contribution in [2.24, 2.45) is 0 Å². The molecule has 0 saturated heterocycles. The van der Waals surface area contributed by atoms with E-state index in [1.54, 1.807) is 36.5 Å². The number of aromatic nitrogens is 1.